The third-order valence-electron chi connectivity index (χ3n) is 8.00. The van der Waals surface area contributed by atoms with Crippen molar-refractivity contribution in [3.63, 3.8) is 0 Å². The van der Waals surface area contributed by atoms with Crippen molar-refractivity contribution in [2.75, 3.05) is 19.1 Å². The van der Waals surface area contributed by atoms with Crippen molar-refractivity contribution in [3.05, 3.63) is 131 Å². The van der Waals surface area contributed by atoms with Crippen LogP contribution in [-0.4, -0.2) is 29.9 Å². The van der Waals surface area contributed by atoms with Crippen molar-refractivity contribution in [1.29, 1.82) is 5.26 Å². The van der Waals surface area contributed by atoms with Crippen molar-refractivity contribution in [2.45, 2.75) is 0 Å². The summed E-state index contributed by atoms with van der Waals surface area (Å²) in [5.74, 6) is 0.351. The molecular weight excluding hydrogens is 574 g/mol. The lowest BCUT2D eigenvalue weighted by Crippen LogP contribution is -2.09. The Hall–Kier alpha value is -6.26. The fraction of sp³-hybridized carbons (Fsp3) is 0.0769. The molecule has 0 aliphatic carbocycles. The van der Waals surface area contributed by atoms with Crippen LogP contribution in [0.2, 0.25) is 0 Å². The molecule has 1 N–H and O–H groups in total. The van der Waals surface area contributed by atoms with E-state index in [9.17, 15) is 15.2 Å². The molecular formula is C39H31N3O4. The van der Waals surface area contributed by atoms with Crippen LogP contribution in [0, 0.1) is 11.3 Å². The quantitative estimate of drug-likeness (QED) is 0.101. The summed E-state index contributed by atoms with van der Waals surface area (Å²) in [5, 5.41) is 20.5. The van der Waals surface area contributed by atoms with Gasteiger partial charge in [-0.05, 0) is 108 Å². The maximum absolute atomic E-state index is 11.4. The highest BCUT2D eigenvalue weighted by molar-refractivity contribution is 6.09. The van der Waals surface area contributed by atoms with Crippen LogP contribution in [0.3, 0.4) is 0 Å². The fourth-order valence-electron chi connectivity index (χ4n) is 5.59. The summed E-state index contributed by atoms with van der Waals surface area (Å²) in [4.78, 5) is 13.5. The smallest absolute Gasteiger partial charge is 0.346 e. The van der Waals surface area contributed by atoms with Crippen LogP contribution in [0.15, 0.2) is 115 Å². The fourth-order valence-corrected chi connectivity index (χ4v) is 5.59. The average molecular weight is 606 g/mol. The molecule has 0 aliphatic heterocycles. The molecule has 0 fully saturated rings. The van der Waals surface area contributed by atoms with Gasteiger partial charge in [0, 0.05) is 45.9 Å². The van der Waals surface area contributed by atoms with Crippen LogP contribution in [0.1, 0.15) is 16.7 Å². The molecule has 0 unspecified atom stereocenters. The number of carboxylic acid groups (broad SMARTS) is 1. The Balaban J connectivity index is 1.31. The third-order valence-corrected chi connectivity index (χ3v) is 8.00. The Morgan fingerprint density at radius 2 is 1.13 bits per heavy atom. The SMILES string of the molecule is COc1ccc(N(c2ccc(/C=C/c3ccc4c(c3)c3cc(/C=C(\C#N)C(=O)O)ccc3n4C)cc2)c2ccc(OC)cc2)cc1. The summed E-state index contributed by atoms with van der Waals surface area (Å²) < 4.78 is 12.9. The number of methoxy groups -OCH3 is 2. The minimum absolute atomic E-state index is 0.301. The summed E-state index contributed by atoms with van der Waals surface area (Å²) in [6.45, 7) is 0. The third kappa shape index (κ3) is 5.92. The zero-order valence-electron chi connectivity index (χ0n) is 25.6. The van der Waals surface area contributed by atoms with Gasteiger partial charge < -0.3 is 24.0 Å². The lowest BCUT2D eigenvalue weighted by Gasteiger charge is -2.26. The molecule has 1 aromatic heterocycles. The van der Waals surface area contributed by atoms with Crippen molar-refractivity contribution in [1.82, 2.24) is 4.57 Å². The van der Waals surface area contributed by atoms with Gasteiger partial charge in [-0.3, -0.25) is 0 Å². The molecule has 0 aliphatic rings. The van der Waals surface area contributed by atoms with Gasteiger partial charge in [-0.25, -0.2) is 4.79 Å². The molecule has 0 spiro atoms. The number of anilines is 3. The molecule has 5 aromatic carbocycles. The Morgan fingerprint density at radius 3 is 1.61 bits per heavy atom. The average Bonchev–Trinajstić information content (AvgIpc) is 3.37. The van der Waals surface area contributed by atoms with Crippen molar-refractivity contribution < 1.29 is 19.4 Å². The van der Waals surface area contributed by atoms with E-state index in [1.807, 2.05) is 73.8 Å². The Labute approximate surface area is 267 Å². The standard InChI is InChI=1S/C39H31N3O4/c1-41-37-20-8-27(23-35(37)36-24-28(9-21-38(36)41)22-29(25-40)39(43)44)5-4-26-6-10-30(11-7-26)42(31-12-16-33(45-2)17-13-31)32-14-18-34(46-3)19-15-32/h4-24H,1-3H3,(H,43,44)/b5-4+,29-22+. The summed E-state index contributed by atoms with van der Waals surface area (Å²) in [5.41, 5.74) is 7.55. The summed E-state index contributed by atoms with van der Waals surface area (Å²) in [6, 6.07) is 38.1. The monoisotopic (exact) mass is 605 g/mol. The first kappa shape index (κ1) is 29.8. The van der Waals surface area contributed by atoms with Gasteiger partial charge in [-0.1, -0.05) is 36.4 Å². The molecule has 46 heavy (non-hydrogen) atoms. The summed E-state index contributed by atoms with van der Waals surface area (Å²) in [6.07, 6.45) is 5.57. The van der Waals surface area contributed by atoms with E-state index in [2.05, 4.69) is 64.1 Å². The molecule has 0 saturated carbocycles. The second-order valence-electron chi connectivity index (χ2n) is 10.7. The number of aromatic nitrogens is 1. The molecule has 226 valence electrons. The van der Waals surface area contributed by atoms with Gasteiger partial charge in [0.15, 0.2) is 0 Å². The van der Waals surface area contributed by atoms with E-state index in [4.69, 9.17) is 9.47 Å². The van der Waals surface area contributed by atoms with Crippen LogP contribution >= 0.6 is 0 Å². The first-order chi connectivity index (χ1) is 22.4. The highest BCUT2D eigenvalue weighted by Crippen LogP contribution is 2.36. The number of benzene rings is 5. The molecule has 0 bridgehead atoms. The van der Waals surface area contributed by atoms with Crippen LogP contribution in [0.4, 0.5) is 17.1 Å². The van der Waals surface area contributed by atoms with Crippen LogP contribution in [-0.2, 0) is 11.8 Å². The summed E-state index contributed by atoms with van der Waals surface area (Å²) >= 11 is 0. The molecule has 0 radical (unpaired) electrons. The van der Waals surface area contributed by atoms with Gasteiger partial charge in [0.25, 0.3) is 0 Å². The minimum Gasteiger partial charge on any atom is -0.497 e. The number of aryl methyl sites for hydroxylation is 1. The van der Waals surface area contributed by atoms with E-state index in [1.165, 1.54) is 6.08 Å². The first-order valence-electron chi connectivity index (χ1n) is 14.6. The molecule has 0 saturated heterocycles. The van der Waals surface area contributed by atoms with E-state index >= 15 is 0 Å². The van der Waals surface area contributed by atoms with Crippen molar-refractivity contribution >= 4 is 63.1 Å². The summed E-state index contributed by atoms with van der Waals surface area (Å²) in [7, 11) is 5.33. The highest BCUT2D eigenvalue weighted by atomic mass is 16.5. The van der Waals surface area contributed by atoms with Crippen molar-refractivity contribution in [2.24, 2.45) is 7.05 Å². The van der Waals surface area contributed by atoms with Gasteiger partial charge in [-0.2, -0.15) is 5.26 Å². The zero-order valence-corrected chi connectivity index (χ0v) is 25.6. The number of nitrogens with zero attached hydrogens (tertiary/aromatic N) is 3. The van der Waals surface area contributed by atoms with E-state index in [1.54, 1.807) is 20.3 Å². The number of ether oxygens (including phenoxy) is 2. The molecule has 0 amide bonds. The molecule has 1 heterocycles. The van der Waals surface area contributed by atoms with Gasteiger partial charge in [-0.15, -0.1) is 0 Å². The number of rotatable bonds is 9. The number of aliphatic carboxylic acids is 1. The topological polar surface area (TPSA) is 87.7 Å². The predicted octanol–water partition coefficient (Wildman–Crippen LogP) is 8.98. The zero-order chi connectivity index (χ0) is 32.2. The van der Waals surface area contributed by atoms with Gasteiger partial charge in [0.2, 0.25) is 0 Å². The maximum atomic E-state index is 11.4. The largest absolute Gasteiger partial charge is 0.497 e. The van der Waals surface area contributed by atoms with Gasteiger partial charge >= 0.3 is 5.97 Å². The van der Waals surface area contributed by atoms with Crippen LogP contribution < -0.4 is 14.4 Å². The molecule has 7 nitrogen and oxygen atoms in total. The van der Waals surface area contributed by atoms with E-state index in [-0.39, 0.29) is 5.57 Å². The van der Waals surface area contributed by atoms with Gasteiger partial charge in [0.05, 0.1) is 14.2 Å². The van der Waals surface area contributed by atoms with Crippen LogP contribution in [0.5, 0.6) is 11.5 Å². The number of hydrogen-bond acceptors (Lipinski definition) is 5. The Kier molecular flexibility index (Phi) is 8.27. The van der Waals surface area contributed by atoms with E-state index in [0.717, 1.165) is 61.5 Å². The number of fused-ring (bicyclic) bond motifs is 3. The number of nitriles is 1. The number of carbonyl (C=O) groups is 1. The number of carboxylic acids is 1. The van der Waals surface area contributed by atoms with E-state index < -0.39 is 5.97 Å². The molecule has 6 rings (SSSR count). The molecule has 6 aromatic rings. The maximum Gasteiger partial charge on any atom is 0.346 e. The second-order valence-corrected chi connectivity index (χ2v) is 10.7. The van der Waals surface area contributed by atoms with E-state index in [0.29, 0.717) is 5.56 Å². The number of hydrogen-bond donors (Lipinski definition) is 1. The lowest BCUT2D eigenvalue weighted by atomic mass is 10.0. The Bertz CT molecular complexity index is 2100. The second kappa shape index (κ2) is 12.8. The highest BCUT2D eigenvalue weighted by Gasteiger charge is 2.14. The molecule has 7 heteroatoms. The van der Waals surface area contributed by atoms with Gasteiger partial charge in [0.1, 0.15) is 23.1 Å². The minimum atomic E-state index is -1.24. The Morgan fingerprint density at radius 1 is 0.696 bits per heavy atom. The first-order valence-corrected chi connectivity index (χ1v) is 14.6. The van der Waals surface area contributed by atoms with Crippen LogP contribution in [0.25, 0.3) is 40.0 Å². The predicted molar refractivity (Wildman–Crippen MR) is 185 cm³/mol. The molecule has 0 atom stereocenters. The normalized spacial score (nSPS) is 11.6. The van der Waals surface area contributed by atoms with Crippen molar-refractivity contribution in [3.8, 4) is 17.6 Å². The lowest BCUT2D eigenvalue weighted by molar-refractivity contribution is -0.132.